The molecular formula is C13H26N2O2. The standard InChI is InChI=1S/C13H26N2O2/c1-11(2,12(3,4)17)15-10(16)13(5)8-6-7-9-14-13/h14,17H,6-9H2,1-5H3,(H,15,16). The summed E-state index contributed by atoms with van der Waals surface area (Å²) in [4.78, 5) is 12.3. The topological polar surface area (TPSA) is 61.4 Å². The molecule has 4 nitrogen and oxygen atoms in total. The molecule has 1 aliphatic rings. The van der Waals surface area contributed by atoms with Crippen LogP contribution in [0.2, 0.25) is 0 Å². The minimum absolute atomic E-state index is 0.0238. The van der Waals surface area contributed by atoms with Crippen molar-refractivity contribution >= 4 is 5.91 Å². The Morgan fingerprint density at radius 1 is 1.29 bits per heavy atom. The Labute approximate surface area is 104 Å². The van der Waals surface area contributed by atoms with Crippen LogP contribution in [0.25, 0.3) is 0 Å². The Morgan fingerprint density at radius 3 is 2.29 bits per heavy atom. The summed E-state index contributed by atoms with van der Waals surface area (Å²) in [6.07, 6.45) is 3.04. The molecule has 1 rings (SSSR count). The predicted molar refractivity (Wildman–Crippen MR) is 68.8 cm³/mol. The summed E-state index contributed by atoms with van der Waals surface area (Å²) < 4.78 is 0. The Balaban J connectivity index is 2.71. The second kappa shape index (κ2) is 4.58. The molecule has 0 spiro atoms. The number of nitrogens with one attached hydrogen (secondary N) is 2. The summed E-state index contributed by atoms with van der Waals surface area (Å²) in [6, 6.07) is 0. The van der Waals surface area contributed by atoms with E-state index in [1.165, 1.54) is 0 Å². The van der Waals surface area contributed by atoms with Crippen molar-refractivity contribution in [2.75, 3.05) is 6.54 Å². The molecular weight excluding hydrogens is 216 g/mol. The molecule has 1 fully saturated rings. The lowest BCUT2D eigenvalue weighted by atomic mass is 9.83. The van der Waals surface area contributed by atoms with E-state index in [0.29, 0.717) is 0 Å². The van der Waals surface area contributed by atoms with Crippen LogP contribution >= 0.6 is 0 Å². The first-order chi connectivity index (χ1) is 7.58. The van der Waals surface area contributed by atoms with Gasteiger partial charge in [0.1, 0.15) is 0 Å². The largest absolute Gasteiger partial charge is 0.388 e. The summed E-state index contributed by atoms with van der Waals surface area (Å²) in [5.41, 5.74) is -2.10. The van der Waals surface area contributed by atoms with Gasteiger partial charge in [-0.15, -0.1) is 0 Å². The maximum absolute atomic E-state index is 12.3. The lowest BCUT2D eigenvalue weighted by molar-refractivity contribution is -0.133. The molecule has 1 heterocycles. The number of hydrogen-bond acceptors (Lipinski definition) is 3. The van der Waals surface area contributed by atoms with Crippen LogP contribution in [0.15, 0.2) is 0 Å². The number of piperidine rings is 1. The number of carbonyl (C=O) groups excluding carboxylic acids is 1. The van der Waals surface area contributed by atoms with Crippen molar-refractivity contribution < 1.29 is 9.90 Å². The van der Waals surface area contributed by atoms with Crippen LogP contribution in [0.5, 0.6) is 0 Å². The lowest BCUT2D eigenvalue weighted by Crippen LogP contribution is -2.65. The zero-order chi connectivity index (χ0) is 13.3. The van der Waals surface area contributed by atoms with E-state index in [9.17, 15) is 9.90 Å². The number of carbonyl (C=O) groups is 1. The van der Waals surface area contributed by atoms with E-state index in [0.717, 1.165) is 25.8 Å². The smallest absolute Gasteiger partial charge is 0.240 e. The Kier molecular flexibility index (Phi) is 3.89. The molecule has 0 saturated carbocycles. The molecule has 0 aromatic carbocycles. The van der Waals surface area contributed by atoms with Gasteiger partial charge >= 0.3 is 0 Å². The van der Waals surface area contributed by atoms with Crippen LogP contribution in [0.1, 0.15) is 53.9 Å². The normalized spacial score (nSPS) is 26.7. The summed E-state index contributed by atoms with van der Waals surface area (Å²) in [5.74, 6) is -0.0238. The maximum atomic E-state index is 12.3. The van der Waals surface area contributed by atoms with E-state index in [2.05, 4.69) is 10.6 Å². The molecule has 4 heteroatoms. The van der Waals surface area contributed by atoms with Crippen molar-refractivity contribution in [2.45, 2.75) is 70.6 Å². The summed E-state index contributed by atoms with van der Waals surface area (Å²) in [7, 11) is 0. The zero-order valence-electron chi connectivity index (χ0n) is 11.7. The maximum Gasteiger partial charge on any atom is 0.240 e. The highest BCUT2D eigenvalue weighted by Crippen LogP contribution is 2.24. The van der Waals surface area contributed by atoms with Crippen molar-refractivity contribution in [2.24, 2.45) is 0 Å². The van der Waals surface area contributed by atoms with Crippen molar-refractivity contribution in [1.29, 1.82) is 0 Å². The highest BCUT2D eigenvalue weighted by Gasteiger charge is 2.41. The van der Waals surface area contributed by atoms with Crippen LogP contribution < -0.4 is 10.6 Å². The van der Waals surface area contributed by atoms with Crippen LogP contribution in [-0.4, -0.2) is 34.2 Å². The monoisotopic (exact) mass is 242 g/mol. The van der Waals surface area contributed by atoms with Gasteiger partial charge in [0.2, 0.25) is 5.91 Å². The van der Waals surface area contributed by atoms with Gasteiger partial charge in [-0.1, -0.05) is 0 Å². The van der Waals surface area contributed by atoms with Gasteiger partial charge in [0, 0.05) is 0 Å². The van der Waals surface area contributed by atoms with Crippen molar-refractivity contribution in [3.63, 3.8) is 0 Å². The van der Waals surface area contributed by atoms with Gasteiger partial charge < -0.3 is 15.7 Å². The Bertz CT molecular complexity index is 286. The molecule has 0 aromatic heterocycles. The second-order valence-electron chi connectivity index (χ2n) is 6.35. The summed E-state index contributed by atoms with van der Waals surface area (Å²) in [6.45, 7) is 9.93. The van der Waals surface area contributed by atoms with Crippen molar-refractivity contribution in [3.8, 4) is 0 Å². The average Bonchev–Trinajstić information content (AvgIpc) is 2.16. The molecule has 1 amide bonds. The molecule has 1 atom stereocenters. The van der Waals surface area contributed by atoms with Crippen molar-refractivity contribution in [3.05, 3.63) is 0 Å². The fourth-order valence-electron chi connectivity index (χ4n) is 1.82. The van der Waals surface area contributed by atoms with Gasteiger partial charge in [-0.25, -0.2) is 0 Å². The van der Waals surface area contributed by atoms with E-state index < -0.39 is 16.7 Å². The third kappa shape index (κ3) is 3.19. The SMILES string of the molecule is CC1(C(=O)NC(C)(C)C(C)(C)O)CCCCN1. The average molecular weight is 242 g/mol. The number of rotatable bonds is 3. The first-order valence-corrected chi connectivity index (χ1v) is 6.38. The van der Waals surface area contributed by atoms with Crippen LogP contribution in [0.4, 0.5) is 0 Å². The van der Waals surface area contributed by atoms with Gasteiger partial charge in [-0.2, -0.15) is 0 Å². The molecule has 0 bridgehead atoms. The summed E-state index contributed by atoms with van der Waals surface area (Å²) >= 11 is 0. The zero-order valence-corrected chi connectivity index (χ0v) is 11.7. The number of amides is 1. The minimum atomic E-state index is -0.951. The number of hydrogen-bond donors (Lipinski definition) is 3. The fourth-order valence-corrected chi connectivity index (χ4v) is 1.82. The molecule has 1 unspecified atom stereocenters. The molecule has 0 aliphatic carbocycles. The van der Waals surface area contributed by atoms with Gasteiger partial charge in [0.05, 0.1) is 16.7 Å². The van der Waals surface area contributed by atoms with E-state index in [1.807, 2.05) is 20.8 Å². The Hall–Kier alpha value is -0.610. The highest BCUT2D eigenvalue weighted by molar-refractivity contribution is 5.86. The molecule has 3 N–H and O–H groups in total. The summed E-state index contributed by atoms with van der Waals surface area (Å²) in [5, 5.41) is 16.3. The fraction of sp³-hybridized carbons (Fsp3) is 0.923. The van der Waals surface area contributed by atoms with Gasteiger partial charge in [-0.3, -0.25) is 4.79 Å². The number of aliphatic hydroxyl groups is 1. The van der Waals surface area contributed by atoms with E-state index in [1.54, 1.807) is 13.8 Å². The first-order valence-electron chi connectivity index (χ1n) is 6.38. The highest BCUT2D eigenvalue weighted by atomic mass is 16.3. The molecule has 1 saturated heterocycles. The molecule has 0 aromatic rings. The van der Waals surface area contributed by atoms with E-state index >= 15 is 0 Å². The Morgan fingerprint density at radius 2 is 1.88 bits per heavy atom. The van der Waals surface area contributed by atoms with Gasteiger partial charge in [0.25, 0.3) is 0 Å². The molecule has 17 heavy (non-hydrogen) atoms. The molecule has 1 aliphatic heterocycles. The van der Waals surface area contributed by atoms with Crippen LogP contribution in [-0.2, 0) is 4.79 Å². The minimum Gasteiger partial charge on any atom is -0.388 e. The lowest BCUT2D eigenvalue weighted by Gasteiger charge is -2.42. The third-order valence-corrected chi connectivity index (χ3v) is 4.08. The molecule has 100 valence electrons. The van der Waals surface area contributed by atoms with Gasteiger partial charge in [0.15, 0.2) is 0 Å². The first kappa shape index (κ1) is 14.5. The third-order valence-electron chi connectivity index (χ3n) is 4.08. The predicted octanol–water partition coefficient (Wildman–Crippen LogP) is 1.18. The quantitative estimate of drug-likeness (QED) is 0.696. The van der Waals surface area contributed by atoms with E-state index in [-0.39, 0.29) is 5.91 Å². The van der Waals surface area contributed by atoms with E-state index in [4.69, 9.17) is 0 Å². The van der Waals surface area contributed by atoms with Crippen LogP contribution in [0.3, 0.4) is 0 Å². The van der Waals surface area contributed by atoms with Crippen LogP contribution in [0, 0.1) is 0 Å². The van der Waals surface area contributed by atoms with Crippen molar-refractivity contribution in [1.82, 2.24) is 10.6 Å². The molecule has 0 radical (unpaired) electrons. The van der Waals surface area contributed by atoms with Gasteiger partial charge in [-0.05, 0) is 60.4 Å². The second-order valence-corrected chi connectivity index (χ2v) is 6.35.